The molecule has 0 spiro atoms. The Balaban J connectivity index is 2.58. The van der Waals surface area contributed by atoms with Crippen molar-refractivity contribution in [1.82, 2.24) is 4.31 Å². The molecule has 0 aromatic heterocycles. The van der Waals surface area contributed by atoms with Crippen molar-refractivity contribution >= 4 is 21.4 Å². The molecule has 1 heterocycles. The van der Waals surface area contributed by atoms with Crippen molar-refractivity contribution in [1.29, 1.82) is 0 Å². The van der Waals surface area contributed by atoms with Crippen LogP contribution in [0.4, 0.5) is 15.8 Å². The molecule has 0 atom stereocenters. The van der Waals surface area contributed by atoms with Crippen LogP contribution in [0.2, 0.25) is 0 Å². The van der Waals surface area contributed by atoms with Crippen molar-refractivity contribution < 1.29 is 17.7 Å². The predicted octanol–water partition coefficient (Wildman–Crippen LogP) is 1.56. The van der Waals surface area contributed by atoms with E-state index in [1.807, 2.05) is 0 Å². The number of non-ortho nitro benzene ring substituents is 1. The molecule has 1 aromatic carbocycles. The number of nitro benzene ring substituents is 1. The van der Waals surface area contributed by atoms with Gasteiger partial charge in [-0.15, -0.1) is 0 Å². The van der Waals surface area contributed by atoms with E-state index >= 15 is 0 Å². The lowest BCUT2D eigenvalue weighted by atomic mass is 10.2. The van der Waals surface area contributed by atoms with Crippen LogP contribution in [-0.4, -0.2) is 37.8 Å². The Morgan fingerprint density at radius 1 is 1.35 bits per heavy atom. The van der Waals surface area contributed by atoms with Crippen LogP contribution in [0.3, 0.4) is 0 Å². The molecular weight excluding hydrogens is 289 g/mol. The molecule has 1 aromatic rings. The summed E-state index contributed by atoms with van der Waals surface area (Å²) >= 11 is 0. The number of nitro groups is 1. The number of nitrogens with zero attached hydrogens (tertiary/aromatic N) is 2. The number of benzene rings is 1. The van der Waals surface area contributed by atoms with E-state index in [0.29, 0.717) is 19.2 Å². The van der Waals surface area contributed by atoms with Crippen LogP contribution in [0, 0.1) is 15.9 Å². The molecule has 2 rings (SSSR count). The van der Waals surface area contributed by atoms with Gasteiger partial charge in [0, 0.05) is 26.2 Å². The lowest BCUT2D eigenvalue weighted by Crippen LogP contribution is -2.29. The molecule has 1 aliphatic heterocycles. The Morgan fingerprint density at radius 3 is 2.45 bits per heavy atom. The Bertz CT molecular complexity index is 641. The van der Waals surface area contributed by atoms with Gasteiger partial charge in [-0.25, -0.2) is 12.8 Å². The van der Waals surface area contributed by atoms with Gasteiger partial charge in [0.1, 0.15) is 4.90 Å². The largest absolute Gasteiger partial charge is 0.387 e. The Kier molecular flexibility index (Phi) is 3.91. The quantitative estimate of drug-likeness (QED) is 0.673. The molecule has 1 saturated heterocycles. The van der Waals surface area contributed by atoms with Crippen molar-refractivity contribution in [2.24, 2.45) is 0 Å². The van der Waals surface area contributed by atoms with Crippen molar-refractivity contribution in [2.75, 3.05) is 25.5 Å². The first kappa shape index (κ1) is 14.7. The Labute approximate surface area is 115 Å². The van der Waals surface area contributed by atoms with Crippen LogP contribution < -0.4 is 5.32 Å². The van der Waals surface area contributed by atoms with Crippen LogP contribution >= 0.6 is 0 Å². The van der Waals surface area contributed by atoms with Gasteiger partial charge in [0.25, 0.3) is 5.69 Å². The predicted molar refractivity (Wildman–Crippen MR) is 70.6 cm³/mol. The fourth-order valence-electron chi connectivity index (χ4n) is 2.19. The van der Waals surface area contributed by atoms with E-state index < -0.39 is 31.3 Å². The second-order valence-corrected chi connectivity index (χ2v) is 6.30. The Morgan fingerprint density at radius 2 is 1.95 bits per heavy atom. The third-order valence-electron chi connectivity index (χ3n) is 3.17. The highest BCUT2D eigenvalue weighted by molar-refractivity contribution is 7.89. The summed E-state index contributed by atoms with van der Waals surface area (Å²) in [6, 6.07) is 1.65. The lowest BCUT2D eigenvalue weighted by molar-refractivity contribution is -0.385. The normalized spacial score (nSPS) is 16.3. The maximum Gasteiger partial charge on any atom is 0.274 e. The molecule has 7 nitrogen and oxygen atoms in total. The molecule has 0 radical (unpaired) electrons. The van der Waals surface area contributed by atoms with Crippen LogP contribution in [0.1, 0.15) is 12.8 Å². The van der Waals surface area contributed by atoms with Gasteiger partial charge in [0.2, 0.25) is 10.0 Å². The first-order chi connectivity index (χ1) is 9.37. The summed E-state index contributed by atoms with van der Waals surface area (Å²) in [5.74, 6) is -1.12. The van der Waals surface area contributed by atoms with Crippen LogP contribution in [0.15, 0.2) is 17.0 Å². The standard InChI is InChI=1S/C11H14FN3O4S/c1-13-10-7-8(15(16)17)6-9(12)11(10)20(18,19)14-4-2-3-5-14/h6-7,13H,2-5H2,1H3. The zero-order valence-corrected chi connectivity index (χ0v) is 11.6. The van der Waals surface area contributed by atoms with Crippen molar-refractivity contribution in [2.45, 2.75) is 17.7 Å². The highest BCUT2D eigenvalue weighted by Gasteiger charge is 2.33. The maximum absolute atomic E-state index is 14.1. The third-order valence-corrected chi connectivity index (χ3v) is 5.15. The minimum absolute atomic E-state index is 0.108. The zero-order chi connectivity index (χ0) is 14.9. The van der Waals surface area contributed by atoms with Gasteiger partial charge in [-0.05, 0) is 12.8 Å². The van der Waals surface area contributed by atoms with Gasteiger partial charge in [0.05, 0.1) is 16.7 Å². The van der Waals surface area contributed by atoms with Gasteiger partial charge >= 0.3 is 0 Å². The van der Waals surface area contributed by atoms with E-state index in [9.17, 15) is 22.9 Å². The summed E-state index contributed by atoms with van der Waals surface area (Å²) in [4.78, 5) is 9.39. The van der Waals surface area contributed by atoms with Crippen molar-refractivity contribution in [3.8, 4) is 0 Å². The minimum Gasteiger partial charge on any atom is -0.387 e. The van der Waals surface area contributed by atoms with Crippen molar-refractivity contribution in [3.05, 3.63) is 28.1 Å². The summed E-state index contributed by atoms with van der Waals surface area (Å²) in [6.07, 6.45) is 1.45. The number of nitrogens with one attached hydrogen (secondary N) is 1. The molecular formula is C11H14FN3O4S. The highest BCUT2D eigenvalue weighted by Crippen LogP contribution is 2.32. The number of sulfonamides is 1. The van der Waals surface area contributed by atoms with E-state index in [1.54, 1.807) is 0 Å². The number of anilines is 1. The van der Waals surface area contributed by atoms with Crippen molar-refractivity contribution in [3.63, 3.8) is 0 Å². The molecule has 1 fully saturated rings. The smallest absolute Gasteiger partial charge is 0.274 e. The van der Waals surface area contributed by atoms with Gasteiger partial charge in [-0.1, -0.05) is 0 Å². The fourth-order valence-corrected chi connectivity index (χ4v) is 3.93. The molecule has 0 saturated carbocycles. The fraction of sp³-hybridized carbons (Fsp3) is 0.455. The van der Waals surface area contributed by atoms with E-state index in [-0.39, 0.29) is 5.69 Å². The topological polar surface area (TPSA) is 92.5 Å². The number of hydrogen-bond donors (Lipinski definition) is 1. The maximum atomic E-state index is 14.1. The summed E-state index contributed by atoms with van der Waals surface area (Å²) in [5, 5.41) is 13.2. The summed E-state index contributed by atoms with van der Waals surface area (Å²) in [6.45, 7) is 0.670. The number of rotatable bonds is 4. The third kappa shape index (κ3) is 2.46. The molecule has 0 bridgehead atoms. The van der Waals surface area contributed by atoms with E-state index in [1.165, 1.54) is 11.4 Å². The molecule has 0 amide bonds. The highest BCUT2D eigenvalue weighted by atomic mass is 32.2. The molecule has 9 heteroatoms. The number of hydrogen-bond acceptors (Lipinski definition) is 5. The zero-order valence-electron chi connectivity index (χ0n) is 10.8. The molecule has 1 N–H and O–H groups in total. The molecule has 110 valence electrons. The van der Waals surface area contributed by atoms with Crippen LogP contribution in [0.5, 0.6) is 0 Å². The molecule has 1 aliphatic rings. The Hall–Kier alpha value is -1.74. The molecule has 0 aliphatic carbocycles. The average Bonchev–Trinajstić information content (AvgIpc) is 2.91. The minimum atomic E-state index is -3.98. The average molecular weight is 303 g/mol. The van der Waals surface area contributed by atoms with E-state index in [2.05, 4.69) is 5.32 Å². The monoisotopic (exact) mass is 303 g/mol. The summed E-state index contributed by atoms with van der Waals surface area (Å²) in [5.41, 5.74) is -0.601. The first-order valence-corrected chi connectivity index (χ1v) is 7.47. The summed E-state index contributed by atoms with van der Waals surface area (Å²) in [7, 11) is -2.59. The van der Waals surface area contributed by atoms with Gasteiger partial charge in [-0.2, -0.15) is 4.31 Å². The number of halogens is 1. The SMILES string of the molecule is CNc1cc([N+](=O)[O-])cc(F)c1S(=O)(=O)N1CCCC1. The second kappa shape index (κ2) is 5.33. The molecule has 0 unspecified atom stereocenters. The lowest BCUT2D eigenvalue weighted by Gasteiger charge is -2.18. The first-order valence-electron chi connectivity index (χ1n) is 6.03. The summed E-state index contributed by atoms with van der Waals surface area (Å²) < 4.78 is 40.0. The van der Waals surface area contributed by atoms with Crippen LogP contribution in [0.25, 0.3) is 0 Å². The van der Waals surface area contributed by atoms with Gasteiger partial charge in [0.15, 0.2) is 5.82 Å². The van der Waals surface area contributed by atoms with Crippen LogP contribution in [-0.2, 0) is 10.0 Å². The van der Waals surface area contributed by atoms with E-state index in [0.717, 1.165) is 18.9 Å². The second-order valence-electron chi connectivity index (χ2n) is 4.42. The van der Waals surface area contributed by atoms with Gasteiger partial charge < -0.3 is 5.32 Å². The van der Waals surface area contributed by atoms with E-state index in [4.69, 9.17) is 0 Å². The van der Waals surface area contributed by atoms with Gasteiger partial charge in [-0.3, -0.25) is 10.1 Å². The molecule has 20 heavy (non-hydrogen) atoms.